The number of phosphoric acid groups is 1. The van der Waals surface area contributed by atoms with Crippen LogP contribution in [0.2, 0.25) is 0 Å². The monoisotopic (exact) mass is 322 g/mol. The first kappa shape index (κ1) is 14.9. The minimum atomic E-state index is -3.43. The summed E-state index contributed by atoms with van der Waals surface area (Å²) in [6.45, 7) is 4.24. The zero-order valence-electron chi connectivity index (χ0n) is 9.89. The maximum absolute atomic E-state index is 12.0. The molecule has 0 aliphatic rings. The molecule has 0 saturated carbocycles. The van der Waals surface area contributed by atoms with Crippen LogP contribution in [0, 0.1) is 0 Å². The maximum atomic E-state index is 12.0. The molecule has 0 aliphatic heterocycles. The minimum Gasteiger partial charge on any atom is -0.287 e. The van der Waals surface area contributed by atoms with E-state index in [-0.39, 0.29) is 19.8 Å². The van der Waals surface area contributed by atoms with E-state index in [9.17, 15) is 4.57 Å². The summed E-state index contributed by atoms with van der Waals surface area (Å²) in [7, 11) is -3.43. The van der Waals surface area contributed by atoms with Gasteiger partial charge in [0.25, 0.3) is 0 Å². The normalized spacial score (nSPS) is 11.7. The van der Waals surface area contributed by atoms with Gasteiger partial charge in [-0.25, -0.2) is 4.57 Å². The third-order valence-electron chi connectivity index (χ3n) is 1.91. The van der Waals surface area contributed by atoms with E-state index in [0.717, 1.165) is 10.0 Å². The molecule has 0 bridgehead atoms. The van der Waals surface area contributed by atoms with Crippen molar-refractivity contribution in [3.63, 3.8) is 0 Å². The van der Waals surface area contributed by atoms with Crippen molar-refractivity contribution in [3.8, 4) is 0 Å². The van der Waals surface area contributed by atoms with Gasteiger partial charge in [-0.1, -0.05) is 34.1 Å². The number of benzene rings is 1. The van der Waals surface area contributed by atoms with Gasteiger partial charge < -0.3 is 0 Å². The van der Waals surface area contributed by atoms with Gasteiger partial charge in [-0.2, -0.15) is 0 Å². The number of hydrogen-bond donors (Lipinski definition) is 0. The van der Waals surface area contributed by atoms with E-state index < -0.39 is 7.82 Å². The Morgan fingerprint density at radius 1 is 1.12 bits per heavy atom. The largest absolute Gasteiger partial charge is 0.475 e. The zero-order valence-corrected chi connectivity index (χ0v) is 12.4. The van der Waals surface area contributed by atoms with Crippen LogP contribution in [0.5, 0.6) is 0 Å². The fraction of sp³-hybridized carbons (Fsp3) is 0.455. The predicted molar refractivity (Wildman–Crippen MR) is 69.8 cm³/mol. The van der Waals surface area contributed by atoms with E-state index in [1.807, 2.05) is 24.3 Å². The van der Waals surface area contributed by atoms with Crippen LogP contribution in [-0.2, 0) is 24.7 Å². The molecule has 0 N–H and O–H groups in total. The lowest BCUT2D eigenvalue weighted by atomic mass is 10.2. The number of hydrogen-bond acceptors (Lipinski definition) is 4. The first-order valence-electron chi connectivity index (χ1n) is 5.38. The second kappa shape index (κ2) is 7.29. The van der Waals surface area contributed by atoms with Gasteiger partial charge in [-0.3, -0.25) is 13.6 Å². The van der Waals surface area contributed by atoms with Gasteiger partial charge in [0.15, 0.2) is 0 Å². The van der Waals surface area contributed by atoms with Crippen molar-refractivity contribution in [1.29, 1.82) is 0 Å². The third kappa shape index (κ3) is 4.90. The van der Waals surface area contributed by atoms with Crippen molar-refractivity contribution in [2.75, 3.05) is 13.2 Å². The van der Waals surface area contributed by atoms with Crippen LogP contribution in [0.25, 0.3) is 0 Å². The molecular weight excluding hydrogens is 307 g/mol. The summed E-state index contributed by atoms with van der Waals surface area (Å²) in [6.07, 6.45) is 0. The second-order valence-electron chi connectivity index (χ2n) is 3.15. The van der Waals surface area contributed by atoms with Gasteiger partial charge in [0.2, 0.25) is 0 Å². The highest BCUT2D eigenvalue weighted by atomic mass is 79.9. The van der Waals surface area contributed by atoms with Crippen LogP contribution in [-0.4, -0.2) is 13.2 Å². The summed E-state index contributed by atoms with van der Waals surface area (Å²) in [4.78, 5) is 0. The Morgan fingerprint density at radius 2 is 1.71 bits per heavy atom. The molecule has 0 radical (unpaired) electrons. The summed E-state index contributed by atoms with van der Waals surface area (Å²) in [6, 6.07) is 7.56. The van der Waals surface area contributed by atoms with Gasteiger partial charge in [0, 0.05) is 4.47 Å². The van der Waals surface area contributed by atoms with E-state index in [4.69, 9.17) is 13.6 Å². The van der Waals surface area contributed by atoms with Gasteiger partial charge in [0.1, 0.15) is 0 Å². The Morgan fingerprint density at radius 3 is 2.24 bits per heavy atom. The minimum absolute atomic E-state index is 0.179. The first-order chi connectivity index (χ1) is 8.11. The molecule has 0 unspecified atom stereocenters. The van der Waals surface area contributed by atoms with Crippen LogP contribution in [0.1, 0.15) is 19.4 Å². The van der Waals surface area contributed by atoms with Gasteiger partial charge >= 0.3 is 7.82 Å². The SMILES string of the molecule is CCOP(=O)(OCC)OCc1ccccc1Br. The highest BCUT2D eigenvalue weighted by Crippen LogP contribution is 2.50. The quantitative estimate of drug-likeness (QED) is 0.707. The van der Waals surface area contributed by atoms with Crippen LogP contribution >= 0.6 is 23.8 Å². The number of phosphoric ester groups is 1. The van der Waals surface area contributed by atoms with Gasteiger partial charge in [-0.15, -0.1) is 0 Å². The molecule has 17 heavy (non-hydrogen) atoms. The zero-order chi connectivity index (χ0) is 12.7. The first-order valence-corrected chi connectivity index (χ1v) is 7.63. The molecule has 0 amide bonds. The molecule has 4 nitrogen and oxygen atoms in total. The van der Waals surface area contributed by atoms with Crippen LogP contribution in [0.15, 0.2) is 28.7 Å². The Hall–Kier alpha value is -0.190. The summed E-state index contributed by atoms with van der Waals surface area (Å²) >= 11 is 3.39. The van der Waals surface area contributed by atoms with Crippen molar-refractivity contribution >= 4 is 23.8 Å². The molecular formula is C11H16BrO4P. The standard InChI is InChI=1S/C11H16BrO4P/c1-3-14-17(13,15-4-2)16-9-10-7-5-6-8-11(10)12/h5-8H,3-4,9H2,1-2H3. The van der Waals surface area contributed by atoms with E-state index >= 15 is 0 Å². The fourth-order valence-corrected chi connectivity index (χ4v) is 2.74. The summed E-state index contributed by atoms with van der Waals surface area (Å²) in [5.41, 5.74) is 0.895. The molecule has 0 aliphatic carbocycles. The Bertz CT molecular complexity index is 387. The molecule has 1 aromatic rings. The smallest absolute Gasteiger partial charge is 0.287 e. The topological polar surface area (TPSA) is 44.8 Å². The molecule has 0 aromatic heterocycles. The lowest BCUT2D eigenvalue weighted by Gasteiger charge is -2.16. The predicted octanol–water partition coefficient (Wildman–Crippen LogP) is 4.15. The summed E-state index contributed by atoms with van der Waals surface area (Å²) in [5, 5.41) is 0. The van der Waals surface area contributed by atoms with Crippen molar-refractivity contribution < 1.29 is 18.1 Å². The summed E-state index contributed by atoms with van der Waals surface area (Å²) < 4.78 is 28.2. The lowest BCUT2D eigenvalue weighted by Crippen LogP contribution is -2.00. The Kier molecular flexibility index (Phi) is 6.38. The van der Waals surface area contributed by atoms with Crippen LogP contribution in [0.3, 0.4) is 0 Å². The average molecular weight is 323 g/mol. The molecule has 0 saturated heterocycles. The lowest BCUT2D eigenvalue weighted by molar-refractivity contribution is 0.116. The van der Waals surface area contributed by atoms with Crippen LogP contribution in [0.4, 0.5) is 0 Å². The van der Waals surface area contributed by atoms with Gasteiger partial charge in [0.05, 0.1) is 19.8 Å². The molecule has 0 heterocycles. The molecule has 1 rings (SSSR count). The number of halogens is 1. The summed E-state index contributed by atoms with van der Waals surface area (Å²) in [5.74, 6) is 0. The molecule has 6 heteroatoms. The highest BCUT2D eigenvalue weighted by molar-refractivity contribution is 9.10. The van der Waals surface area contributed by atoms with Gasteiger partial charge in [-0.05, 0) is 25.5 Å². The average Bonchev–Trinajstić information content (AvgIpc) is 2.29. The van der Waals surface area contributed by atoms with E-state index in [1.54, 1.807) is 13.8 Å². The van der Waals surface area contributed by atoms with Crippen LogP contribution < -0.4 is 0 Å². The molecule has 0 spiro atoms. The second-order valence-corrected chi connectivity index (χ2v) is 5.67. The fourth-order valence-electron chi connectivity index (χ4n) is 1.19. The van der Waals surface area contributed by atoms with E-state index in [1.165, 1.54) is 0 Å². The van der Waals surface area contributed by atoms with Crippen molar-refractivity contribution in [2.24, 2.45) is 0 Å². The Labute approximate surface area is 110 Å². The maximum Gasteiger partial charge on any atom is 0.475 e. The van der Waals surface area contributed by atoms with E-state index in [0.29, 0.717) is 0 Å². The molecule has 0 fully saturated rings. The van der Waals surface area contributed by atoms with Crippen molar-refractivity contribution in [3.05, 3.63) is 34.3 Å². The molecule has 0 atom stereocenters. The third-order valence-corrected chi connectivity index (χ3v) is 4.28. The highest BCUT2D eigenvalue weighted by Gasteiger charge is 2.25. The van der Waals surface area contributed by atoms with Crippen molar-refractivity contribution in [1.82, 2.24) is 0 Å². The molecule has 96 valence electrons. The van der Waals surface area contributed by atoms with Crippen molar-refractivity contribution in [2.45, 2.75) is 20.5 Å². The Balaban J connectivity index is 2.64. The number of rotatable bonds is 7. The molecule has 1 aromatic carbocycles. The van der Waals surface area contributed by atoms with E-state index in [2.05, 4.69) is 15.9 Å².